The molecule has 0 saturated carbocycles. The Hall–Kier alpha value is -3.02. The highest BCUT2D eigenvalue weighted by Crippen LogP contribution is 2.44. The zero-order chi connectivity index (χ0) is 26.8. The van der Waals surface area contributed by atoms with Crippen LogP contribution in [0.5, 0.6) is 11.5 Å². The predicted octanol–water partition coefficient (Wildman–Crippen LogP) is 7.36. The van der Waals surface area contributed by atoms with Crippen molar-refractivity contribution in [2.24, 2.45) is 0 Å². The van der Waals surface area contributed by atoms with Crippen molar-refractivity contribution in [1.29, 1.82) is 0 Å². The summed E-state index contributed by atoms with van der Waals surface area (Å²) in [4.78, 5) is 18.2. The van der Waals surface area contributed by atoms with Gasteiger partial charge in [0.1, 0.15) is 0 Å². The first-order chi connectivity index (χ1) is 18.4. The summed E-state index contributed by atoms with van der Waals surface area (Å²) in [5.41, 5.74) is 5.16. The number of anilines is 1. The number of hydrogen-bond donors (Lipinski definition) is 0. The van der Waals surface area contributed by atoms with Gasteiger partial charge in [-0.3, -0.25) is 9.69 Å². The average Bonchev–Trinajstić information content (AvgIpc) is 3.47. The van der Waals surface area contributed by atoms with E-state index in [-0.39, 0.29) is 18.1 Å². The lowest BCUT2D eigenvalue weighted by Gasteiger charge is -2.38. The predicted molar refractivity (Wildman–Crippen MR) is 154 cm³/mol. The van der Waals surface area contributed by atoms with E-state index in [0.717, 1.165) is 41.9 Å². The fourth-order valence-corrected chi connectivity index (χ4v) is 5.75. The zero-order valence-electron chi connectivity index (χ0n) is 22.7. The molecule has 38 heavy (non-hydrogen) atoms. The Kier molecular flexibility index (Phi) is 7.96. The number of ether oxygens (including phenoxy) is 2. The molecule has 6 heteroatoms. The van der Waals surface area contributed by atoms with Crippen LogP contribution < -0.4 is 14.4 Å². The fraction of sp³-hybridized carbons (Fsp3) is 0.406. The molecule has 0 N–H and O–H groups in total. The summed E-state index contributed by atoms with van der Waals surface area (Å²) in [6, 6.07) is 20.4. The van der Waals surface area contributed by atoms with Crippen LogP contribution >= 0.6 is 11.6 Å². The van der Waals surface area contributed by atoms with Gasteiger partial charge in [-0.1, -0.05) is 42.8 Å². The molecule has 0 radical (unpaired) electrons. The lowest BCUT2D eigenvalue weighted by molar-refractivity contribution is -0.118. The molecule has 0 spiro atoms. The van der Waals surface area contributed by atoms with E-state index in [0.29, 0.717) is 29.0 Å². The van der Waals surface area contributed by atoms with E-state index in [1.807, 2.05) is 35.2 Å². The van der Waals surface area contributed by atoms with Crippen molar-refractivity contribution in [1.82, 2.24) is 4.90 Å². The van der Waals surface area contributed by atoms with Crippen LogP contribution in [0.15, 0.2) is 60.7 Å². The Labute approximate surface area is 231 Å². The maximum atomic E-state index is 13.8. The van der Waals surface area contributed by atoms with Crippen LogP contribution in [0.1, 0.15) is 74.4 Å². The number of likely N-dealkylation sites (tertiary alicyclic amines) is 1. The van der Waals surface area contributed by atoms with Crippen LogP contribution in [0.4, 0.5) is 5.69 Å². The molecular formula is C32H37ClN2O3. The number of hydrogen-bond acceptors (Lipinski definition) is 4. The Bertz CT molecular complexity index is 1270. The molecule has 3 unspecified atom stereocenters. The van der Waals surface area contributed by atoms with E-state index < -0.39 is 0 Å². The minimum Gasteiger partial charge on any atom is -0.493 e. The molecule has 0 bridgehead atoms. The molecule has 1 saturated heterocycles. The quantitative estimate of drug-likeness (QED) is 0.304. The Balaban J connectivity index is 1.58. The number of methoxy groups -OCH3 is 1. The normalized spacial score (nSPS) is 19.2. The number of carbonyl (C=O) groups excluding carboxylic acids is 1. The van der Waals surface area contributed by atoms with Crippen LogP contribution in [0.3, 0.4) is 0 Å². The standard InChI is InChI=1S/C32H37ClN2O3/c1-5-21(2)38-30-20-28-25(18-29(30)37-4)19-31(36)35(32(28)24-8-12-26(33)13-9-24)27-14-10-23(11-15-27)22(3)34-16-6-7-17-34/h8-15,18,20-22,32H,5-7,16-17,19H2,1-4H3. The molecule has 0 aromatic heterocycles. The smallest absolute Gasteiger partial charge is 0.232 e. The highest BCUT2D eigenvalue weighted by atomic mass is 35.5. The van der Waals surface area contributed by atoms with Crippen LogP contribution in [0, 0.1) is 0 Å². The third kappa shape index (κ3) is 5.27. The topological polar surface area (TPSA) is 42.0 Å². The van der Waals surface area contributed by atoms with E-state index in [1.165, 1.54) is 18.4 Å². The lowest BCUT2D eigenvalue weighted by Crippen LogP contribution is -2.41. The van der Waals surface area contributed by atoms with E-state index in [1.54, 1.807) is 7.11 Å². The van der Waals surface area contributed by atoms with E-state index in [4.69, 9.17) is 21.1 Å². The monoisotopic (exact) mass is 532 g/mol. The van der Waals surface area contributed by atoms with E-state index in [9.17, 15) is 4.79 Å². The number of benzene rings is 3. The first kappa shape index (κ1) is 26.6. The fourth-order valence-electron chi connectivity index (χ4n) is 5.63. The summed E-state index contributed by atoms with van der Waals surface area (Å²) in [6.07, 6.45) is 3.75. The molecule has 1 amide bonds. The first-order valence-electron chi connectivity index (χ1n) is 13.7. The van der Waals surface area contributed by atoms with Crippen molar-refractivity contribution in [3.63, 3.8) is 0 Å². The Morgan fingerprint density at radius 1 is 0.974 bits per heavy atom. The second-order valence-corrected chi connectivity index (χ2v) is 10.9. The summed E-state index contributed by atoms with van der Waals surface area (Å²) >= 11 is 6.25. The van der Waals surface area contributed by atoms with Gasteiger partial charge in [-0.25, -0.2) is 0 Å². The van der Waals surface area contributed by atoms with Crippen LogP contribution in [-0.4, -0.2) is 37.1 Å². The number of nitrogens with zero attached hydrogens (tertiary/aromatic N) is 2. The van der Waals surface area contributed by atoms with Gasteiger partial charge in [-0.05, 0) is 105 Å². The van der Waals surface area contributed by atoms with Gasteiger partial charge in [-0.15, -0.1) is 0 Å². The summed E-state index contributed by atoms with van der Waals surface area (Å²) < 4.78 is 11.9. The Morgan fingerprint density at radius 3 is 2.29 bits per heavy atom. The van der Waals surface area contributed by atoms with Crippen LogP contribution in [-0.2, 0) is 11.2 Å². The van der Waals surface area contributed by atoms with E-state index in [2.05, 4.69) is 56.0 Å². The third-order valence-electron chi connectivity index (χ3n) is 8.02. The van der Waals surface area contributed by atoms with Gasteiger partial charge < -0.3 is 14.4 Å². The summed E-state index contributed by atoms with van der Waals surface area (Å²) in [6.45, 7) is 8.71. The largest absolute Gasteiger partial charge is 0.493 e. The van der Waals surface area contributed by atoms with E-state index >= 15 is 0 Å². The molecule has 1 fully saturated rings. The van der Waals surface area contributed by atoms with Gasteiger partial charge in [0.05, 0.1) is 25.7 Å². The highest BCUT2D eigenvalue weighted by Gasteiger charge is 2.36. The molecule has 2 aliphatic rings. The molecule has 0 aliphatic carbocycles. The van der Waals surface area contributed by atoms with Crippen molar-refractivity contribution in [2.45, 2.75) is 64.6 Å². The van der Waals surface area contributed by atoms with Gasteiger partial charge >= 0.3 is 0 Å². The maximum absolute atomic E-state index is 13.8. The van der Waals surface area contributed by atoms with Gasteiger partial charge in [-0.2, -0.15) is 0 Å². The minimum atomic E-state index is -0.310. The third-order valence-corrected chi connectivity index (χ3v) is 8.27. The van der Waals surface area contributed by atoms with Crippen molar-refractivity contribution in [3.05, 3.63) is 87.9 Å². The average molecular weight is 533 g/mol. The molecule has 3 atom stereocenters. The molecular weight excluding hydrogens is 496 g/mol. The molecule has 3 aromatic rings. The second kappa shape index (κ2) is 11.4. The number of fused-ring (bicyclic) bond motifs is 1. The van der Waals surface area contributed by atoms with Gasteiger partial charge in [0, 0.05) is 16.8 Å². The molecule has 5 nitrogen and oxygen atoms in total. The number of carbonyl (C=O) groups is 1. The molecule has 2 heterocycles. The van der Waals surface area contributed by atoms with Gasteiger partial charge in [0.15, 0.2) is 11.5 Å². The number of amides is 1. The lowest BCUT2D eigenvalue weighted by atomic mass is 9.86. The summed E-state index contributed by atoms with van der Waals surface area (Å²) in [7, 11) is 1.64. The zero-order valence-corrected chi connectivity index (χ0v) is 23.5. The van der Waals surface area contributed by atoms with Gasteiger partial charge in [0.2, 0.25) is 5.91 Å². The summed E-state index contributed by atoms with van der Waals surface area (Å²) in [5, 5.41) is 0.665. The molecule has 2 aliphatic heterocycles. The van der Waals surface area contributed by atoms with Crippen molar-refractivity contribution < 1.29 is 14.3 Å². The highest BCUT2D eigenvalue weighted by molar-refractivity contribution is 6.30. The van der Waals surface area contributed by atoms with Crippen LogP contribution in [0.25, 0.3) is 0 Å². The van der Waals surface area contributed by atoms with Crippen molar-refractivity contribution in [2.75, 3.05) is 25.1 Å². The van der Waals surface area contributed by atoms with Crippen LogP contribution in [0.2, 0.25) is 5.02 Å². The van der Waals surface area contributed by atoms with Crippen molar-refractivity contribution >= 4 is 23.2 Å². The summed E-state index contributed by atoms with van der Waals surface area (Å²) in [5.74, 6) is 1.40. The molecule has 200 valence electrons. The maximum Gasteiger partial charge on any atom is 0.232 e. The first-order valence-corrected chi connectivity index (χ1v) is 14.1. The second-order valence-electron chi connectivity index (χ2n) is 10.4. The molecule has 5 rings (SSSR count). The molecule has 3 aromatic carbocycles. The SMILES string of the molecule is CCC(C)Oc1cc2c(cc1OC)CC(=O)N(c1ccc(C(C)N3CCCC3)cc1)C2c1ccc(Cl)cc1. The van der Waals surface area contributed by atoms with Crippen molar-refractivity contribution in [3.8, 4) is 11.5 Å². The Morgan fingerprint density at radius 2 is 1.66 bits per heavy atom. The minimum absolute atomic E-state index is 0.0439. The van der Waals surface area contributed by atoms with Gasteiger partial charge in [0.25, 0.3) is 0 Å². The number of rotatable bonds is 8. The number of halogens is 1.